The maximum atomic E-state index is 11.8. The second-order valence-corrected chi connectivity index (χ2v) is 9.62. The van der Waals surface area contributed by atoms with Crippen molar-refractivity contribution in [1.82, 2.24) is 4.31 Å². The van der Waals surface area contributed by atoms with Gasteiger partial charge in [-0.3, -0.25) is 4.79 Å². The minimum Gasteiger partial charge on any atom is -0.481 e. The van der Waals surface area contributed by atoms with Crippen LogP contribution < -0.4 is 5.14 Å². The zero-order valence-corrected chi connectivity index (χ0v) is 16.8. The van der Waals surface area contributed by atoms with E-state index in [4.69, 9.17) is 20.0 Å². The summed E-state index contributed by atoms with van der Waals surface area (Å²) in [6.45, 7) is 7.14. The Bertz CT molecular complexity index is 733. The molecule has 0 aliphatic carbocycles. The molecule has 2 unspecified atom stereocenters. The monoisotopic (exact) mass is 403 g/mol. The number of nitrogens with two attached hydrogens (primary N) is 1. The third kappa shape index (κ3) is 4.23. The van der Waals surface area contributed by atoms with E-state index in [0.717, 1.165) is 4.31 Å². The van der Waals surface area contributed by atoms with E-state index in [-0.39, 0.29) is 6.54 Å². The van der Waals surface area contributed by atoms with Gasteiger partial charge in [-0.25, -0.2) is 5.14 Å². The van der Waals surface area contributed by atoms with Crippen LogP contribution in [0, 0.1) is 5.92 Å². The standard InChI is InChI=1S/C14H26BN5O6S/c1-12(2)13(3,4)26-15(25-12)7-5-6-10-8-20(27(17,23)24)9-14(10,11(21)22)18-19-16/h10H,5-9H2,1-4H3,(H,21,22)(H2,17,23,24). The maximum Gasteiger partial charge on any atom is 0.457 e. The molecule has 0 radical (unpaired) electrons. The Morgan fingerprint density at radius 1 is 1.37 bits per heavy atom. The topological polar surface area (TPSA) is 168 Å². The van der Waals surface area contributed by atoms with E-state index < -0.39 is 52.5 Å². The number of carboxylic acid groups (broad SMARTS) is 1. The normalized spacial score (nSPS) is 30.3. The van der Waals surface area contributed by atoms with E-state index >= 15 is 0 Å². The number of azide groups is 1. The summed E-state index contributed by atoms with van der Waals surface area (Å²) in [5, 5.41) is 18.2. The average molecular weight is 403 g/mol. The van der Waals surface area contributed by atoms with Gasteiger partial charge >= 0.3 is 13.1 Å². The lowest BCUT2D eigenvalue weighted by molar-refractivity contribution is -0.144. The largest absolute Gasteiger partial charge is 0.481 e. The van der Waals surface area contributed by atoms with Crippen molar-refractivity contribution in [2.45, 2.75) is 63.6 Å². The fourth-order valence-electron chi connectivity index (χ4n) is 3.48. The predicted molar refractivity (Wildman–Crippen MR) is 97.8 cm³/mol. The van der Waals surface area contributed by atoms with Gasteiger partial charge in [0.25, 0.3) is 10.2 Å². The van der Waals surface area contributed by atoms with E-state index in [2.05, 4.69) is 10.0 Å². The number of carboxylic acids is 1. The molecule has 27 heavy (non-hydrogen) atoms. The number of carbonyl (C=O) groups is 1. The first kappa shape index (κ1) is 21.9. The van der Waals surface area contributed by atoms with Crippen LogP contribution in [0.5, 0.6) is 0 Å². The summed E-state index contributed by atoms with van der Waals surface area (Å²) in [4.78, 5) is 14.4. The molecule has 0 aromatic carbocycles. The molecule has 11 nitrogen and oxygen atoms in total. The van der Waals surface area contributed by atoms with Crippen molar-refractivity contribution in [1.29, 1.82) is 0 Å². The molecule has 0 amide bonds. The van der Waals surface area contributed by atoms with Crippen LogP contribution in [0.25, 0.3) is 10.4 Å². The summed E-state index contributed by atoms with van der Waals surface area (Å²) in [6.07, 6.45) is 1.34. The van der Waals surface area contributed by atoms with E-state index in [1.165, 1.54) is 0 Å². The van der Waals surface area contributed by atoms with Crippen molar-refractivity contribution >= 4 is 23.3 Å². The second kappa shape index (κ2) is 7.23. The van der Waals surface area contributed by atoms with Gasteiger partial charge in [0, 0.05) is 18.0 Å². The molecule has 2 aliphatic rings. The lowest BCUT2D eigenvalue weighted by Gasteiger charge is -2.32. The minimum absolute atomic E-state index is 0.118. The highest BCUT2D eigenvalue weighted by atomic mass is 32.2. The molecular weight excluding hydrogens is 377 g/mol. The van der Waals surface area contributed by atoms with Gasteiger partial charge in [0.2, 0.25) is 0 Å². The van der Waals surface area contributed by atoms with Gasteiger partial charge in [-0.15, -0.1) is 0 Å². The quantitative estimate of drug-likeness (QED) is 0.279. The molecule has 152 valence electrons. The highest BCUT2D eigenvalue weighted by molar-refractivity contribution is 7.86. The smallest absolute Gasteiger partial charge is 0.457 e. The first-order valence-electron chi connectivity index (χ1n) is 8.68. The van der Waals surface area contributed by atoms with Crippen molar-refractivity contribution in [2.24, 2.45) is 16.2 Å². The molecule has 2 saturated heterocycles. The van der Waals surface area contributed by atoms with Crippen LogP contribution in [0.1, 0.15) is 40.5 Å². The molecule has 0 aromatic rings. The predicted octanol–water partition coefficient (Wildman–Crippen LogP) is 1.13. The lowest BCUT2D eigenvalue weighted by atomic mass is 9.78. The van der Waals surface area contributed by atoms with Gasteiger partial charge in [0.05, 0.1) is 11.2 Å². The molecule has 13 heteroatoms. The Balaban J connectivity index is 2.09. The highest BCUT2D eigenvalue weighted by Crippen LogP contribution is 2.40. The highest BCUT2D eigenvalue weighted by Gasteiger charge is 2.55. The Kier molecular flexibility index (Phi) is 5.87. The van der Waals surface area contributed by atoms with Crippen LogP contribution in [0.2, 0.25) is 6.32 Å². The van der Waals surface area contributed by atoms with Crippen LogP contribution in [-0.4, -0.2) is 60.7 Å². The van der Waals surface area contributed by atoms with Gasteiger partial charge < -0.3 is 14.4 Å². The maximum absolute atomic E-state index is 11.8. The van der Waals surface area contributed by atoms with Crippen LogP contribution in [0.4, 0.5) is 0 Å². The second-order valence-electron chi connectivity index (χ2n) is 8.07. The molecule has 3 N–H and O–H groups in total. The first-order valence-corrected chi connectivity index (χ1v) is 10.2. The Morgan fingerprint density at radius 2 is 1.93 bits per heavy atom. The van der Waals surface area contributed by atoms with Crippen molar-refractivity contribution < 1.29 is 27.6 Å². The SMILES string of the molecule is CC1(C)OB(CCCC2CN(S(N)(=O)=O)CC2(N=[N+]=[N-])C(=O)O)OC1(C)C. The van der Waals surface area contributed by atoms with Gasteiger partial charge in [0.15, 0.2) is 5.54 Å². The molecule has 0 spiro atoms. The summed E-state index contributed by atoms with van der Waals surface area (Å²) in [5.41, 5.74) is 6.01. The summed E-state index contributed by atoms with van der Waals surface area (Å²) in [7, 11) is -4.53. The third-order valence-electron chi connectivity index (χ3n) is 5.76. The fraction of sp³-hybridized carbons (Fsp3) is 0.929. The average Bonchev–Trinajstić information content (AvgIpc) is 2.95. The lowest BCUT2D eigenvalue weighted by Crippen LogP contribution is -2.45. The molecule has 0 aromatic heterocycles. The number of nitrogens with zero attached hydrogens (tertiary/aromatic N) is 4. The van der Waals surface area contributed by atoms with Gasteiger partial charge in [-0.1, -0.05) is 11.5 Å². The van der Waals surface area contributed by atoms with E-state index in [1.807, 2.05) is 27.7 Å². The third-order valence-corrected chi connectivity index (χ3v) is 6.76. The zero-order valence-electron chi connectivity index (χ0n) is 16.0. The van der Waals surface area contributed by atoms with Crippen molar-refractivity contribution in [2.75, 3.05) is 13.1 Å². The first-order chi connectivity index (χ1) is 12.2. The Morgan fingerprint density at radius 3 is 2.37 bits per heavy atom. The summed E-state index contributed by atoms with van der Waals surface area (Å²) in [6, 6.07) is 0. The number of aliphatic carboxylic acids is 1. The Hall–Kier alpha value is -1.37. The summed E-state index contributed by atoms with van der Waals surface area (Å²) in [5.74, 6) is -2.07. The van der Waals surface area contributed by atoms with Crippen LogP contribution in [-0.2, 0) is 24.3 Å². The van der Waals surface area contributed by atoms with Crippen LogP contribution in [0.15, 0.2) is 5.11 Å². The molecule has 2 aliphatic heterocycles. The van der Waals surface area contributed by atoms with Crippen LogP contribution >= 0.6 is 0 Å². The molecule has 2 heterocycles. The number of hydrogen-bond acceptors (Lipinski definition) is 6. The zero-order chi connectivity index (χ0) is 20.7. The van der Waals surface area contributed by atoms with Crippen molar-refractivity contribution in [3.63, 3.8) is 0 Å². The van der Waals surface area contributed by atoms with E-state index in [9.17, 15) is 18.3 Å². The fourth-order valence-corrected chi connectivity index (χ4v) is 4.24. The van der Waals surface area contributed by atoms with Gasteiger partial charge in [-0.2, -0.15) is 12.7 Å². The van der Waals surface area contributed by atoms with Crippen LogP contribution in [0.3, 0.4) is 0 Å². The molecule has 0 saturated carbocycles. The molecular formula is C14H26BN5O6S. The van der Waals surface area contributed by atoms with Crippen molar-refractivity contribution in [3.8, 4) is 0 Å². The minimum atomic E-state index is -4.09. The summed E-state index contributed by atoms with van der Waals surface area (Å²) >= 11 is 0. The number of hydrogen-bond donors (Lipinski definition) is 2. The van der Waals surface area contributed by atoms with Crippen molar-refractivity contribution in [3.05, 3.63) is 10.4 Å². The molecule has 2 atom stereocenters. The molecule has 2 fully saturated rings. The number of rotatable bonds is 7. The summed E-state index contributed by atoms with van der Waals surface area (Å²) < 4.78 is 36.0. The molecule has 2 rings (SSSR count). The van der Waals surface area contributed by atoms with Gasteiger partial charge in [-0.05, 0) is 51.9 Å². The van der Waals surface area contributed by atoms with Gasteiger partial charge in [0.1, 0.15) is 0 Å². The molecule has 0 bridgehead atoms. The van der Waals surface area contributed by atoms with E-state index in [0.29, 0.717) is 19.2 Å². The Labute approximate surface area is 159 Å². The van der Waals surface area contributed by atoms with E-state index in [1.54, 1.807) is 0 Å².